The first-order valence-electron chi connectivity index (χ1n) is 11.9. The molecule has 0 aromatic heterocycles. The van der Waals surface area contributed by atoms with Crippen molar-refractivity contribution in [1.82, 2.24) is 4.90 Å². The molecule has 3 heterocycles. The summed E-state index contributed by atoms with van der Waals surface area (Å²) in [4.78, 5) is 57.6. The third-order valence-electron chi connectivity index (χ3n) is 7.48. The van der Waals surface area contributed by atoms with Crippen molar-refractivity contribution in [2.24, 2.45) is 11.8 Å². The normalized spacial score (nSPS) is 23.2. The fourth-order valence-electron chi connectivity index (χ4n) is 5.89. The third-order valence-corrected chi connectivity index (χ3v) is 8.02. The van der Waals surface area contributed by atoms with Crippen LogP contribution in [-0.2, 0) is 14.3 Å². The number of hydrogen-bond acceptors (Lipinski definition) is 6. The molecule has 0 N–H and O–H groups in total. The summed E-state index contributed by atoms with van der Waals surface area (Å²) in [6, 6.07) is 16.9. The molecule has 4 atom stereocenters. The van der Waals surface area contributed by atoms with Gasteiger partial charge in [-0.15, -0.1) is 0 Å². The number of rotatable bonds is 4. The molecule has 0 radical (unpaired) electrons. The van der Waals surface area contributed by atoms with E-state index in [1.165, 1.54) is 31.4 Å². The van der Waals surface area contributed by atoms with Crippen molar-refractivity contribution in [3.8, 4) is 0 Å². The van der Waals surface area contributed by atoms with E-state index < -0.39 is 47.5 Å². The van der Waals surface area contributed by atoms with Crippen LogP contribution in [0.25, 0.3) is 6.08 Å². The minimum absolute atomic E-state index is 0.0843. The van der Waals surface area contributed by atoms with Crippen LogP contribution in [0.4, 0.5) is 5.69 Å². The van der Waals surface area contributed by atoms with Gasteiger partial charge in [-0.2, -0.15) is 0 Å². The average molecular weight is 547 g/mol. The maximum atomic E-state index is 14.1. The maximum absolute atomic E-state index is 14.1. The Balaban J connectivity index is 1.52. The van der Waals surface area contributed by atoms with E-state index in [9.17, 15) is 19.2 Å². The van der Waals surface area contributed by atoms with Gasteiger partial charge in [0.15, 0.2) is 5.78 Å². The SMILES string of the molecule is COC(=O)c1ccccc1N1C(=O)[C@@H]2[C@H](C1=O)[C@@H]1c3ccccc3C=CN1[C@@H]2C(=O)c1ccc(Cl)cc1Cl. The lowest BCUT2D eigenvalue weighted by Gasteiger charge is -2.35. The van der Waals surface area contributed by atoms with E-state index in [1.54, 1.807) is 29.3 Å². The Bertz CT molecular complexity index is 1570. The van der Waals surface area contributed by atoms with Crippen LogP contribution in [0.5, 0.6) is 0 Å². The first-order chi connectivity index (χ1) is 18.3. The molecule has 0 aliphatic carbocycles. The number of methoxy groups -OCH3 is 1. The van der Waals surface area contributed by atoms with E-state index in [-0.39, 0.29) is 21.8 Å². The van der Waals surface area contributed by atoms with Crippen LogP contribution in [0.2, 0.25) is 10.0 Å². The van der Waals surface area contributed by atoms with E-state index in [0.29, 0.717) is 5.02 Å². The number of carbonyl (C=O) groups excluding carboxylic acids is 4. The van der Waals surface area contributed by atoms with Gasteiger partial charge < -0.3 is 9.64 Å². The van der Waals surface area contributed by atoms with Gasteiger partial charge in [0.05, 0.1) is 41.3 Å². The first kappa shape index (κ1) is 24.4. The minimum Gasteiger partial charge on any atom is -0.465 e. The number of benzene rings is 3. The van der Waals surface area contributed by atoms with Crippen LogP contribution < -0.4 is 4.90 Å². The molecular formula is C29H20Cl2N2O5. The van der Waals surface area contributed by atoms with Crippen LogP contribution in [0.1, 0.15) is 37.9 Å². The number of para-hydroxylation sites is 1. The molecule has 38 heavy (non-hydrogen) atoms. The highest BCUT2D eigenvalue weighted by molar-refractivity contribution is 6.37. The molecule has 7 nitrogen and oxygen atoms in total. The fraction of sp³-hybridized carbons (Fsp3) is 0.172. The van der Waals surface area contributed by atoms with Crippen LogP contribution in [-0.4, -0.2) is 41.6 Å². The molecule has 9 heteroatoms. The lowest BCUT2D eigenvalue weighted by atomic mass is 9.83. The highest BCUT2D eigenvalue weighted by atomic mass is 35.5. The Labute approximate surface area is 228 Å². The van der Waals surface area contributed by atoms with Crippen molar-refractivity contribution in [2.45, 2.75) is 12.1 Å². The lowest BCUT2D eigenvalue weighted by Crippen LogP contribution is -2.44. The molecule has 0 unspecified atom stereocenters. The van der Waals surface area contributed by atoms with Crippen molar-refractivity contribution < 1.29 is 23.9 Å². The number of amides is 2. The summed E-state index contributed by atoms with van der Waals surface area (Å²) in [5, 5.41) is 0.534. The molecule has 3 aromatic carbocycles. The summed E-state index contributed by atoms with van der Waals surface area (Å²) in [7, 11) is 1.23. The number of hydrogen-bond donors (Lipinski definition) is 0. The molecule has 0 bridgehead atoms. The Morgan fingerprint density at radius 3 is 2.34 bits per heavy atom. The second-order valence-electron chi connectivity index (χ2n) is 9.34. The largest absolute Gasteiger partial charge is 0.465 e. The number of imide groups is 1. The topological polar surface area (TPSA) is 84.0 Å². The second kappa shape index (κ2) is 9.11. The molecule has 3 aliphatic heterocycles. The molecule has 6 rings (SSSR count). The highest BCUT2D eigenvalue weighted by Gasteiger charge is 2.64. The van der Waals surface area contributed by atoms with Crippen LogP contribution >= 0.6 is 23.2 Å². The molecule has 3 aromatic rings. The van der Waals surface area contributed by atoms with E-state index in [0.717, 1.165) is 16.0 Å². The Kier molecular flexibility index (Phi) is 5.85. The number of anilines is 1. The van der Waals surface area contributed by atoms with E-state index >= 15 is 0 Å². The fourth-order valence-corrected chi connectivity index (χ4v) is 6.40. The number of esters is 1. The molecule has 2 amide bonds. The molecule has 0 saturated carbocycles. The van der Waals surface area contributed by atoms with Gasteiger partial charge in [0, 0.05) is 16.8 Å². The van der Waals surface area contributed by atoms with E-state index in [4.69, 9.17) is 27.9 Å². The zero-order valence-electron chi connectivity index (χ0n) is 20.0. The van der Waals surface area contributed by atoms with E-state index in [2.05, 4.69) is 0 Å². The number of ether oxygens (including phenoxy) is 1. The first-order valence-corrected chi connectivity index (χ1v) is 12.7. The van der Waals surface area contributed by atoms with Crippen molar-refractivity contribution in [3.05, 3.63) is 105 Å². The van der Waals surface area contributed by atoms with Crippen molar-refractivity contribution in [3.63, 3.8) is 0 Å². The number of Topliss-reactive ketones (excluding diaryl/α,β-unsaturated/α-hetero) is 1. The van der Waals surface area contributed by atoms with Crippen molar-refractivity contribution in [2.75, 3.05) is 12.0 Å². The quantitative estimate of drug-likeness (QED) is 0.255. The zero-order valence-corrected chi connectivity index (χ0v) is 21.5. The monoisotopic (exact) mass is 546 g/mol. The van der Waals surface area contributed by atoms with Gasteiger partial charge in [-0.05, 0) is 47.5 Å². The third kappa shape index (κ3) is 3.50. The minimum atomic E-state index is -1.01. The van der Waals surface area contributed by atoms with Gasteiger partial charge in [-0.1, -0.05) is 59.6 Å². The second-order valence-corrected chi connectivity index (χ2v) is 10.2. The lowest BCUT2D eigenvalue weighted by molar-refractivity contribution is -0.123. The van der Waals surface area contributed by atoms with Crippen LogP contribution in [0, 0.1) is 11.8 Å². The number of ketones is 1. The number of halogens is 2. The van der Waals surface area contributed by atoms with Gasteiger partial charge in [0.1, 0.15) is 6.04 Å². The number of carbonyl (C=O) groups is 4. The van der Waals surface area contributed by atoms with Gasteiger partial charge >= 0.3 is 5.97 Å². The van der Waals surface area contributed by atoms with Crippen molar-refractivity contribution >= 4 is 58.5 Å². The molecule has 190 valence electrons. The predicted octanol–water partition coefficient (Wildman–Crippen LogP) is 5.18. The molecule has 2 fully saturated rings. The highest BCUT2D eigenvalue weighted by Crippen LogP contribution is 2.54. The number of fused-ring (bicyclic) bond motifs is 5. The van der Waals surface area contributed by atoms with Gasteiger partial charge in [-0.3, -0.25) is 14.4 Å². The summed E-state index contributed by atoms with van der Waals surface area (Å²) in [6.45, 7) is 0. The average Bonchev–Trinajstić information content (AvgIpc) is 3.40. The molecule has 3 aliphatic rings. The molecular weight excluding hydrogens is 527 g/mol. The Morgan fingerprint density at radius 1 is 0.868 bits per heavy atom. The van der Waals surface area contributed by atoms with Crippen LogP contribution in [0.3, 0.4) is 0 Å². The smallest absolute Gasteiger partial charge is 0.339 e. The number of nitrogens with zero attached hydrogens (tertiary/aromatic N) is 2. The predicted molar refractivity (Wildman–Crippen MR) is 142 cm³/mol. The summed E-state index contributed by atoms with van der Waals surface area (Å²) < 4.78 is 4.89. The maximum Gasteiger partial charge on any atom is 0.339 e. The Morgan fingerprint density at radius 2 is 1.58 bits per heavy atom. The zero-order chi connectivity index (χ0) is 26.7. The van der Waals surface area contributed by atoms with Crippen LogP contribution in [0.15, 0.2) is 72.9 Å². The Hall–Kier alpha value is -3.94. The van der Waals surface area contributed by atoms with E-state index in [1.807, 2.05) is 30.3 Å². The van der Waals surface area contributed by atoms with Gasteiger partial charge in [0.25, 0.3) is 0 Å². The molecule has 0 spiro atoms. The summed E-state index contributed by atoms with van der Waals surface area (Å²) in [5.41, 5.74) is 2.17. The standard InChI is InChI=1S/C29H20Cl2N2O5/c1-38-29(37)19-8-4-5-9-21(19)33-27(35)22-23(28(33)36)25(26(34)18-11-10-16(30)14-20(18)31)32-13-12-15-6-2-3-7-17(15)24(22)32/h2-14,22-25H,1H3/t22-,23+,24-,25-/m0/s1. The van der Waals surface area contributed by atoms with Crippen molar-refractivity contribution in [1.29, 1.82) is 0 Å². The summed E-state index contributed by atoms with van der Waals surface area (Å²) in [6.07, 6.45) is 3.64. The van der Waals surface area contributed by atoms with Gasteiger partial charge in [0.2, 0.25) is 11.8 Å². The summed E-state index contributed by atoms with van der Waals surface area (Å²) >= 11 is 12.5. The summed E-state index contributed by atoms with van der Waals surface area (Å²) in [5.74, 6) is -3.97. The molecule has 2 saturated heterocycles. The van der Waals surface area contributed by atoms with Gasteiger partial charge in [-0.25, -0.2) is 9.69 Å².